The van der Waals surface area contributed by atoms with Gasteiger partial charge >= 0.3 is 0 Å². The van der Waals surface area contributed by atoms with Crippen molar-refractivity contribution < 1.29 is 9.53 Å². The summed E-state index contributed by atoms with van der Waals surface area (Å²) < 4.78 is 6.84. The average molecular weight is 466 g/mol. The van der Waals surface area contributed by atoms with Crippen molar-refractivity contribution in [3.05, 3.63) is 99.6 Å². The molecule has 2 aromatic heterocycles. The first-order valence-corrected chi connectivity index (χ1v) is 11.3. The van der Waals surface area contributed by atoms with Crippen LogP contribution < -0.4 is 15.6 Å². The standard InChI is InChI=1S/C24H20ClN3O3S/c1-2-31-19-10-7-16(8-11-19)24(30)27-20-5-3-4-6-21(20)32-15-18-13-23(29)28-14-17(25)9-12-22(28)26-18/h3-14H,2,15H2,1H3,(H,27,30). The molecule has 32 heavy (non-hydrogen) atoms. The highest BCUT2D eigenvalue weighted by molar-refractivity contribution is 7.98. The highest BCUT2D eigenvalue weighted by Crippen LogP contribution is 2.30. The Kier molecular flexibility index (Phi) is 6.78. The number of carbonyl (C=O) groups is 1. The molecule has 4 aromatic rings. The number of fused-ring (bicyclic) bond motifs is 1. The highest BCUT2D eigenvalue weighted by Gasteiger charge is 2.11. The number of rotatable bonds is 7. The van der Waals surface area contributed by atoms with Crippen molar-refractivity contribution in [1.82, 2.24) is 9.38 Å². The quantitative estimate of drug-likeness (QED) is 0.375. The maximum atomic E-state index is 12.7. The Morgan fingerprint density at radius 3 is 2.69 bits per heavy atom. The van der Waals surface area contributed by atoms with Crippen LogP contribution in [0.3, 0.4) is 0 Å². The summed E-state index contributed by atoms with van der Waals surface area (Å²) in [5.74, 6) is 0.991. The lowest BCUT2D eigenvalue weighted by molar-refractivity contribution is 0.102. The van der Waals surface area contributed by atoms with Crippen molar-refractivity contribution in [1.29, 1.82) is 0 Å². The minimum Gasteiger partial charge on any atom is -0.494 e. The fraction of sp³-hybridized carbons (Fsp3) is 0.125. The number of carbonyl (C=O) groups excluding carboxylic acids is 1. The van der Waals surface area contributed by atoms with Crippen molar-refractivity contribution in [2.45, 2.75) is 17.6 Å². The zero-order chi connectivity index (χ0) is 22.5. The Balaban J connectivity index is 1.49. The summed E-state index contributed by atoms with van der Waals surface area (Å²) in [4.78, 5) is 30.5. The molecule has 0 unspecified atom stereocenters. The fourth-order valence-electron chi connectivity index (χ4n) is 3.11. The summed E-state index contributed by atoms with van der Waals surface area (Å²) in [7, 11) is 0. The maximum Gasteiger partial charge on any atom is 0.258 e. The van der Waals surface area contributed by atoms with Gasteiger partial charge in [0, 0.05) is 28.5 Å². The van der Waals surface area contributed by atoms with Crippen LogP contribution in [0.5, 0.6) is 5.75 Å². The van der Waals surface area contributed by atoms with Gasteiger partial charge in [0.2, 0.25) is 0 Å². The number of pyridine rings is 1. The van der Waals surface area contributed by atoms with E-state index in [2.05, 4.69) is 10.3 Å². The Hall–Kier alpha value is -3.29. The summed E-state index contributed by atoms with van der Waals surface area (Å²) in [5.41, 5.74) is 2.23. The van der Waals surface area contributed by atoms with Crippen LogP contribution in [-0.2, 0) is 5.75 Å². The van der Waals surface area contributed by atoms with Crippen LogP contribution in [0, 0.1) is 0 Å². The molecule has 0 fully saturated rings. The number of halogens is 1. The molecule has 8 heteroatoms. The van der Waals surface area contributed by atoms with Crippen LogP contribution in [0.4, 0.5) is 5.69 Å². The number of aromatic nitrogens is 2. The lowest BCUT2D eigenvalue weighted by atomic mass is 10.2. The zero-order valence-corrected chi connectivity index (χ0v) is 18.8. The molecule has 0 bridgehead atoms. The largest absolute Gasteiger partial charge is 0.494 e. The molecule has 1 N–H and O–H groups in total. The van der Waals surface area contributed by atoms with E-state index in [1.54, 1.807) is 42.6 Å². The van der Waals surface area contributed by atoms with Crippen LogP contribution in [0.1, 0.15) is 23.0 Å². The summed E-state index contributed by atoms with van der Waals surface area (Å²) in [6.45, 7) is 2.48. The number of thioether (sulfide) groups is 1. The predicted octanol–water partition coefficient (Wildman–Crippen LogP) is 5.29. The van der Waals surface area contributed by atoms with Crippen molar-refractivity contribution in [3.8, 4) is 5.75 Å². The molecule has 0 saturated carbocycles. The Morgan fingerprint density at radius 2 is 1.91 bits per heavy atom. The first-order valence-electron chi connectivity index (χ1n) is 9.97. The normalized spacial score (nSPS) is 10.8. The van der Waals surface area contributed by atoms with Gasteiger partial charge in [-0.3, -0.25) is 14.0 Å². The van der Waals surface area contributed by atoms with Gasteiger partial charge in [0.05, 0.1) is 23.0 Å². The molecule has 2 aromatic carbocycles. The topological polar surface area (TPSA) is 72.7 Å². The molecule has 0 aliphatic rings. The van der Waals surface area contributed by atoms with Gasteiger partial charge in [-0.1, -0.05) is 23.7 Å². The van der Waals surface area contributed by atoms with Crippen LogP contribution in [-0.4, -0.2) is 21.9 Å². The van der Waals surface area contributed by atoms with E-state index in [9.17, 15) is 9.59 Å². The SMILES string of the molecule is CCOc1ccc(C(=O)Nc2ccccc2SCc2cc(=O)n3cc(Cl)ccc3n2)cc1. The number of hydrogen-bond donors (Lipinski definition) is 1. The molecule has 0 aliphatic heterocycles. The minimum atomic E-state index is -0.208. The third-order valence-electron chi connectivity index (χ3n) is 4.61. The molecular weight excluding hydrogens is 446 g/mol. The van der Waals surface area contributed by atoms with E-state index in [4.69, 9.17) is 16.3 Å². The predicted molar refractivity (Wildman–Crippen MR) is 128 cm³/mol. The molecule has 6 nitrogen and oxygen atoms in total. The number of ether oxygens (including phenoxy) is 1. The third kappa shape index (κ3) is 5.12. The number of nitrogens with one attached hydrogen (secondary N) is 1. The van der Waals surface area contributed by atoms with Gasteiger partial charge in [0.1, 0.15) is 11.4 Å². The van der Waals surface area contributed by atoms with Crippen LogP contribution in [0.25, 0.3) is 5.65 Å². The maximum absolute atomic E-state index is 12.7. The van der Waals surface area contributed by atoms with Gasteiger partial charge in [-0.05, 0) is 55.5 Å². The third-order valence-corrected chi connectivity index (χ3v) is 5.95. The second-order valence-corrected chi connectivity index (χ2v) is 8.31. The van der Waals surface area contributed by atoms with Gasteiger partial charge in [0.25, 0.3) is 11.5 Å². The second-order valence-electron chi connectivity index (χ2n) is 6.86. The van der Waals surface area contributed by atoms with E-state index >= 15 is 0 Å². The number of anilines is 1. The van der Waals surface area contributed by atoms with Gasteiger partial charge in [-0.25, -0.2) is 4.98 Å². The summed E-state index contributed by atoms with van der Waals surface area (Å²) in [6, 6.07) is 19.5. The van der Waals surface area contributed by atoms with E-state index in [0.29, 0.717) is 40.0 Å². The summed E-state index contributed by atoms with van der Waals surface area (Å²) in [5, 5.41) is 3.43. The van der Waals surface area contributed by atoms with Crippen molar-refractivity contribution in [2.24, 2.45) is 0 Å². The number of para-hydroxylation sites is 1. The van der Waals surface area contributed by atoms with Crippen molar-refractivity contribution in [2.75, 3.05) is 11.9 Å². The smallest absolute Gasteiger partial charge is 0.258 e. The second kappa shape index (κ2) is 9.89. The van der Waals surface area contributed by atoms with E-state index in [0.717, 1.165) is 10.6 Å². The molecule has 0 aliphatic carbocycles. The number of hydrogen-bond acceptors (Lipinski definition) is 5. The van der Waals surface area contributed by atoms with Crippen LogP contribution >= 0.6 is 23.4 Å². The lowest BCUT2D eigenvalue weighted by Gasteiger charge is -2.11. The summed E-state index contributed by atoms with van der Waals surface area (Å²) >= 11 is 7.46. The average Bonchev–Trinajstić information content (AvgIpc) is 2.80. The Labute approximate surface area is 194 Å². The molecule has 0 saturated heterocycles. The monoisotopic (exact) mass is 465 g/mol. The van der Waals surface area contributed by atoms with Crippen molar-refractivity contribution in [3.63, 3.8) is 0 Å². The molecule has 4 rings (SSSR count). The summed E-state index contributed by atoms with van der Waals surface area (Å²) in [6.07, 6.45) is 1.55. The number of amides is 1. The van der Waals surface area contributed by atoms with E-state index in [1.165, 1.54) is 22.2 Å². The Morgan fingerprint density at radius 1 is 1.12 bits per heavy atom. The fourth-order valence-corrected chi connectivity index (χ4v) is 4.17. The van der Waals surface area contributed by atoms with E-state index < -0.39 is 0 Å². The number of benzene rings is 2. The van der Waals surface area contributed by atoms with Gasteiger partial charge in [0.15, 0.2) is 0 Å². The van der Waals surface area contributed by atoms with E-state index in [1.807, 2.05) is 31.2 Å². The molecule has 0 spiro atoms. The molecule has 162 valence electrons. The lowest BCUT2D eigenvalue weighted by Crippen LogP contribution is -2.15. The van der Waals surface area contributed by atoms with Crippen LogP contribution in [0.15, 0.2) is 82.6 Å². The number of nitrogens with zero attached hydrogens (tertiary/aromatic N) is 2. The first-order chi connectivity index (χ1) is 15.5. The highest BCUT2D eigenvalue weighted by atomic mass is 35.5. The van der Waals surface area contributed by atoms with E-state index in [-0.39, 0.29) is 11.5 Å². The van der Waals surface area contributed by atoms with Gasteiger partial charge in [-0.15, -0.1) is 11.8 Å². The molecular formula is C24H20ClN3O3S. The molecule has 2 heterocycles. The van der Waals surface area contributed by atoms with Crippen LogP contribution in [0.2, 0.25) is 5.02 Å². The molecule has 1 amide bonds. The van der Waals surface area contributed by atoms with Crippen molar-refractivity contribution >= 4 is 40.6 Å². The van der Waals surface area contributed by atoms with Gasteiger partial charge < -0.3 is 10.1 Å². The first kappa shape index (κ1) is 21.9. The Bertz CT molecular complexity index is 1320. The molecule has 0 radical (unpaired) electrons. The van der Waals surface area contributed by atoms with Gasteiger partial charge in [-0.2, -0.15) is 0 Å². The minimum absolute atomic E-state index is 0.190. The zero-order valence-electron chi connectivity index (χ0n) is 17.2. The molecule has 0 atom stereocenters.